The molecule has 9 heteroatoms. The Morgan fingerprint density at radius 2 is 2.10 bits per heavy atom. The van der Waals surface area contributed by atoms with Crippen LogP contribution < -0.4 is 11.2 Å². The van der Waals surface area contributed by atoms with Gasteiger partial charge in [0.15, 0.2) is 5.65 Å². The maximum Gasteiger partial charge on any atom is 0.325 e. The SMILES string of the molecule is Cc1nc2ccc([C@H]3C[C@@H]3c3cc(-c4c[nH]c(=O)[nH]c4=O)nn4ccnc34)cc2s1. The molecule has 5 aromatic rings. The highest BCUT2D eigenvalue weighted by Crippen LogP contribution is 2.56. The van der Waals surface area contributed by atoms with Crippen LogP contribution in [0.3, 0.4) is 0 Å². The van der Waals surface area contributed by atoms with Crippen molar-refractivity contribution in [2.75, 3.05) is 0 Å². The molecule has 1 aliphatic carbocycles. The van der Waals surface area contributed by atoms with E-state index in [4.69, 9.17) is 0 Å². The van der Waals surface area contributed by atoms with Gasteiger partial charge in [-0.2, -0.15) is 5.10 Å². The van der Waals surface area contributed by atoms with E-state index in [0.29, 0.717) is 23.1 Å². The topological polar surface area (TPSA) is 109 Å². The van der Waals surface area contributed by atoms with E-state index in [9.17, 15) is 9.59 Å². The third kappa shape index (κ3) is 2.70. The fourth-order valence-electron chi connectivity index (χ4n) is 4.14. The van der Waals surface area contributed by atoms with E-state index in [-0.39, 0.29) is 0 Å². The molecule has 0 aliphatic heterocycles. The third-order valence-corrected chi connectivity index (χ3v) is 6.55. The van der Waals surface area contributed by atoms with Crippen LogP contribution in [0.15, 0.2) is 52.4 Å². The minimum absolute atomic E-state index is 0.296. The summed E-state index contributed by atoms with van der Waals surface area (Å²) in [5.74, 6) is 0.686. The number of hydrogen-bond donors (Lipinski definition) is 2. The molecule has 1 aliphatic rings. The minimum atomic E-state index is -0.538. The van der Waals surface area contributed by atoms with Crippen molar-refractivity contribution in [2.24, 2.45) is 0 Å². The lowest BCUT2D eigenvalue weighted by Crippen LogP contribution is -2.23. The predicted octanol–water partition coefficient (Wildman–Crippen LogP) is 2.96. The molecule has 0 radical (unpaired) electrons. The molecule has 1 aromatic carbocycles. The van der Waals surface area contributed by atoms with Crippen molar-refractivity contribution in [3.05, 3.63) is 79.8 Å². The van der Waals surface area contributed by atoms with Gasteiger partial charge in [-0.25, -0.2) is 19.3 Å². The molecule has 8 nitrogen and oxygen atoms in total. The first-order valence-corrected chi connectivity index (χ1v) is 10.4. The molecular weight excluding hydrogens is 400 g/mol. The number of benzene rings is 1. The largest absolute Gasteiger partial charge is 0.325 e. The molecule has 0 unspecified atom stereocenters. The highest BCUT2D eigenvalue weighted by atomic mass is 32.1. The molecule has 148 valence electrons. The molecule has 4 heterocycles. The van der Waals surface area contributed by atoms with Crippen LogP contribution in [-0.4, -0.2) is 29.5 Å². The highest BCUT2D eigenvalue weighted by Gasteiger charge is 2.41. The van der Waals surface area contributed by atoms with Crippen molar-refractivity contribution in [2.45, 2.75) is 25.2 Å². The standard InChI is InChI=1S/C21H16N6O2S/c1-10-24-16-3-2-11(6-18(16)30-10)12-7-13(12)14-8-17(26-27-5-4-22-19(14)27)15-9-23-21(29)25-20(15)28/h2-6,8-9,12-13H,7H2,1H3,(H2,23,25,28,29)/t12-,13+/m1/s1. The van der Waals surface area contributed by atoms with Gasteiger partial charge in [-0.05, 0) is 48.9 Å². The van der Waals surface area contributed by atoms with E-state index >= 15 is 0 Å². The second-order valence-electron chi connectivity index (χ2n) is 7.57. The molecule has 1 fully saturated rings. The first kappa shape index (κ1) is 17.3. The fraction of sp³-hybridized carbons (Fsp3) is 0.190. The van der Waals surface area contributed by atoms with Crippen LogP contribution in [0.2, 0.25) is 0 Å². The number of rotatable bonds is 3. The van der Waals surface area contributed by atoms with Gasteiger partial charge in [-0.3, -0.25) is 9.78 Å². The van der Waals surface area contributed by atoms with Gasteiger partial charge in [0.1, 0.15) is 0 Å². The van der Waals surface area contributed by atoms with Crippen molar-refractivity contribution in [3.63, 3.8) is 0 Å². The third-order valence-electron chi connectivity index (χ3n) is 5.62. The Balaban J connectivity index is 1.44. The van der Waals surface area contributed by atoms with Crippen LogP contribution >= 0.6 is 11.3 Å². The summed E-state index contributed by atoms with van der Waals surface area (Å²) in [5, 5.41) is 5.58. The summed E-state index contributed by atoms with van der Waals surface area (Å²) in [7, 11) is 0. The zero-order chi connectivity index (χ0) is 20.4. The first-order chi connectivity index (χ1) is 14.6. The summed E-state index contributed by atoms with van der Waals surface area (Å²) in [4.78, 5) is 37.5. The van der Waals surface area contributed by atoms with E-state index in [1.165, 1.54) is 16.5 Å². The molecule has 6 rings (SSSR count). The number of H-pyrrole nitrogens is 2. The number of aryl methyl sites for hydroxylation is 1. The minimum Gasteiger partial charge on any atom is -0.313 e. The van der Waals surface area contributed by atoms with Crippen LogP contribution in [0.5, 0.6) is 0 Å². The molecule has 1 saturated carbocycles. The maximum atomic E-state index is 12.3. The summed E-state index contributed by atoms with van der Waals surface area (Å²) >= 11 is 1.71. The lowest BCUT2D eigenvalue weighted by Gasteiger charge is -2.07. The van der Waals surface area contributed by atoms with Crippen LogP contribution in [0.4, 0.5) is 0 Å². The van der Waals surface area contributed by atoms with Crippen LogP contribution in [0, 0.1) is 6.92 Å². The van der Waals surface area contributed by atoms with Crippen LogP contribution in [-0.2, 0) is 0 Å². The highest BCUT2D eigenvalue weighted by molar-refractivity contribution is 7.18. The van der Waals surface area contributed by atoms with E-state index in [0.717, 1.165) is 28.2 Å². The van der Waals surface area contributed by atoms with E-state index in [1.807, 2.05) is 13.0 Å². The molecule has 0 bridgehead atoms. The van der Waals surface area contributed by atoms with Crippen molar-refractivity contribution in [1.29, 1.82) is 0 Å². The molecule has 0 spiro atoms. The Bertz CT molecular complexity index is 1560. The number of thiazole rings is 1. The summed E-state index contributed by atoms with van der Waals surface area (Å²) in [5.41, 5.74) is 4.01. The van der Waals surface area contributed by atoms with Gasteiger partial charge < -0.3 is 4.98 Å². The molecule has 4 aromatic heterocycles. The maximum absolute atomic E-state index is 12.3. The smallest absolute Gasteiger partial charge is 0.313 e. The van der Waals surface area contributed by atoms with Gasteiger partial charge in [0.2, 0.25) is 0 Å². The summed E-state index contributed by atoms with van der Waals surface area (Å²) in [6.45, 7) is 2.02. The van der Waals surface area contributed by atoms with Crippen molar-refractivity contribution < 1.29 is 0 Å². The molecule has 2 N–H and O–H groups in total. The summed E-state index contributed by atoms with van der Waals surface area (Å²) in [6, 6.07) is 8.41. The summed E-state index contributed by atoms with van der Waals surface area (Å²) in [6.07, 6.45) is 5.89. The van der Waals surface area contributed by atoms with Gasteiger partial charge in [-0.15, -0.1) is 11.3 Å². The van der Waals surface area contributed by atoms with Crippen molar-refractivity contribution in [1.82, 2.24) is 29.5 Å². The first-order valence-electron chi connectivity index (χ1n) is 9.60. The zero-order valence-electron chi connectivity index (χ0n) is 15.9. The quantitative estimate of drug-likeness (QED) is 0.470. The molecular formula is C21H16N6O2S. The number of nitrogens with one attached hydrogen (secondary N) is 2. The average Bonchev–Trinajstić information content (AvgIpc) is 3.20. The number of hydrogen-bond acceptors (Lipinski definition) is 6. The molecule has 0 amide bonds. The van der Waals surface area contributed by atoms with Gasteiger partial charge in [-0.1, -0.05) is 6.07 Å². The lowest BCUT2D eigenvalue weighted by atomic mass is 10.0. The van der Waals surface area contributed by atoms with Crippen LogP contribution in [0.25, 0.3) is 27.1 Å². The van der Waals surface area contributed by atoms with Gasteiger partial charge >= 0.3 is 5.69 Å². The normalized spacial score (nSPS) is 18.3. The molecule has 30 heavy (non-hydrogen) atoms. The van der Waals surface area contributed by atoms with Crippen LogP contribution in [0.1, 0.15) is 34.4 Å². The zero-order valence-corrected chi connectivity index (χ0v) is 16.7. The van der Waals surface area contributed by atoms with E-state index in [2.05, 4.69) is 43.2 Å². The second-order valence-corrected chi connectivity index (χ2v) is 8.81. The Hall–Kier alpha value is -3.59. The molecule has 2 atom stereocenters. The predicted molar refractivity (Wildman–Crippen MR) is 114 cm³/mol. The number of nitrogens with zero attached hydrogens (tertiary/aromatic N) is 4. The average molecular weight is 416 g/mol. The van der Waals surface area contributed by atoms with Crippen molar-refractivity contribution >= 4 is 27.2 Å². The molecule has 0 saturated heterocycles. The van der Waals surface area contributed by atoms with E-state index in [1.54, 1.807) is 28.2 Å². The van der Waals surface area contributed by atoms with Gasteiger partial charge in [0, 0.05) is 24.2 Å². The number of aromatic amines is 2. The number of imidazole rings is 1. The fourth-order valence-corrected chi connectivity index (χ4v) is 5.02. The Kier molecular flexibility index (Phi) is 3.57. The Labute approximate surface area is 173 Å². The second kappa shape index (κ2) is 6.20. The van der Waals surface area contributed by atoms with Gasteiger partial charge in [0.05, 0.1) is 26.5 Å². The Morgan fingerprint density at radius 3 is 2.97 bits per heavy atom. The number of aromatic nitrogens is 6. The lowest BCUT2D eigenvalue weighted by molar-refractivity contribution is 0.906. The number of fused-ring (bicyclic) bond motifs is 2. The van der Waals surface area contributed by atoms with E-state index < -0.39 is 11.2 Å². The van der Waals surface area contributed by atoms with Gasteiger partial charge in [0.25, 0.3) is 5.56 Å². The van der Waals surface area contributed by atoms with Crippen molar-refractivity contribution in [3.8, 4) is 11.3 Å². The monoisotopic (exact) mass is 416 g/mol. The Morgan fingerprint density at radius 1 is 1.20 bits per heavy atom. The summed E-state index contributed by atoms with van der Waals surface area (Å²) < 4.78 is 2.90.